The average molecular weight is 1380 g/mol. The normalized spacial score (nSPS) is 14.6. The van der Waals surface area contributed by atoms with Gasteiger partial charge in [0.1, 0.15) is 19.3 Å². The van der Waals surface area contributed by atoms with E-state index in [1.807, 2.05) is 0 Å². The second-order valence-electron chi connectivity index (χ2n) is 27.5. The highest BCUT2D eigenvalue weighted by molar-refractivity contribution is 7.47. The number of hydrogen-bond acceptors (Lipinski definition) is 15. The fourth-order valence-corrected chi connectivity index (χ4v) is 12.4. The van der Waals surface area contributed by atoms with Crippen molar-refractivity contribution in [1.82, 2.24) is 0 Å². The molecular formula is C75H142O17P2. The van der Waals surface area contributed by atoms with Gasteiger partial charge in [-0.2, -0.15) is 0 Å². The highest BCUT2D eigenvalue weighted by atomic mass is 31.2. The van der Waals surface area contributed by atoms with Gasteiger partial charge in [0.25, 0.3) is 0 Å². The molecule has 4 unspecified atom stereocenters. The molecule has 0 heterocycles. The molecule has 3 N–H and O–H groups in total. The van der Waals surface area contributed by atoms with Crippen molar-refractivity contribution in [3.8, 4) is 0 Å². The molecular weight excluding hydrogens is 1230 g/mol. The fourth-order valence-electron chi connectivity index (χ4n) is 10.9. The molecule has 0 aliphatic carbocycles. The first kappa shape index (κ1) is 91.5. The van der Waals surface area contributed by atoms with Crippen molar-refractivity contribution < 1.29 is 80.2 Å². The maximum absolute atomic E-state index is 13.1. The van der Waals surface area contributed by atoms with E-state index in [2.05, 4.69) is 72.8 Å². The number of rotatable bonds is 71. The number of unbranched alkanes of at least 4 members (excludes halogenated alkanes) is 35. The summed E-state index contributed by atoms with van der Waals surface area (Å²) in [5.41, 5.74) is 0. The van der Waals surface area contributed by atoms with Crippen LogP contribution < -0.4 is 0 Å². The van der Waals surface area contributed by atoms with Crippen molar-refractivity contribution in [2.24, 2.45) is 17.8 Å². The highest BCUT2D eigenvalue weighted by Gasteiger charge is 2.30. The van der Waals surface area contributed by atoms with E-state index in [1.165, 1.54) is 154 Å². The van der Waals surface area contributed by atoms with Crippen LogP contribution in [0.25, 0.3) is 0 Å². The predicted octanol–water partition coefficient (Wildman–Crippen LogP) is 21.3. The third-order valence-corrected chi connectivity index (χ3v) is 19.0. The van der Waals surface area contributed by atoms with Crippen LogP contribution in [0, 0.1) is 17.8 Å². The monoisotopic (exact) mass is 1380 g/mol. The Morgan fingerprint density at radius 1 is 0.351 bits per heavy atom. The van der Waals surface area contributed by atoms with E-state index in [0.717, 1.165) is 120 Å². The van der Waals surface area contributed by atoms with Gasteiger partial charge in [-0.1, -0.05) is 304 Å². The van der Waals surface area contributed by atoms with Crippen LogP contribution in [-0.4, -0.2) is 96.7 Å². The second-order valence-corrected chi connectivity index (χ2v) is 30.5. The first-order valence-corrected chi connectivity index (χ1v) is 41.2. The summed E-state index contributed by atoms with van der Waals surface area (Å²) in [6, 6.07) is 0. The van der Waals surface area contributed by atoms with Gasteiger partial charge in [0, 0.05) is 25.7 Å². The first-order chi connectivity index (χ1) is 45.3. The Balaban J connectivity index is 5.30. The van der Waals surface area contributed by atoms with Crippen LogP contribution in [0.4, 0.5) is 0 Å². The molecule has 0 aromatic carbocycles. The summed E-state index contributed by atoms with van der Waals surface area (Å²) in [4.78, 5) is 72.7. The van der Waals surface area contributed by atoms with Crippen LogP contribution in [-0.2, 0) is 65.4 Å². The maximum atomic E-state index is 13.1. The summed E-state index contributed by atoms with van der Waals surface area (Å²) in [5.74, 6) is 0.130. The van der Waals surface area contributed by atoms with E-state index in [-0.39, 0.29) is 25.7 Å². The Hall–Kier alpha value is -2.46. The Kier molecular flexibility index (Phi) is 63.5. The quantitative estimate of drug-likeness (QED) is 0.0169. The average Bonchev–Trinajstić information content (AvgIpc) is 1.30. The van der Waals surface area contributed by atoms with Crippen LogP contribution in [0.1, 0.15) is 357 Å². The Bertz CT molecular complexity index is 1930. The molecule has 0 saturated heterocycles. The molecule has 19 heteroatoms. The van der Waals surface area contributed by atoms with E-state index in [1.54, 1.807) is 0 Å². The molecule has 0 rings (SSSR count). The standard InChI is InChI=1S/C75H142O17P2/c1-8-10-11-12-13-14-15-16-17-20-24-27-37-44-51-58-74(79)91-70(62-85-72(77)56-49-42-35-26-23-21-18-19-22-25-32-39-46-53-66(3)4)64-89-93(81,82)87-60-69(76)61-88-94(83,84)90-65-71(63-86-73(78)57-50-43-36-30-28-33-40-47-54-67(5)6)92-75(80)59-52-45-38-31-29-34-41-48-55-68(7)9-2/h14-17,66-71,76H,8-13,18-65H2,1-7H3,(H,81,82)(H,83,84)/b15-14-,17-16-/t68?,69?,70-,71-/m1/s1. The molecule has 0 saturated carbocycles. The van der Waals surface area contributed by atoms with Gasteiger partial charge in [-0.15, -0.1) is 0 Å². The minimum absolute atomic E-state index is 0.0847. The molecule has 0 fully saturated rings. The Morgan fingerprint density at radius 3 is 0.947 bits per heavy atom. The summed E-state index contributed by atoms with van der Waals surface area (Å²) in [6.07, 6.45) is 53.5. The summed E-state index contributed by atoms with van der Waals surface area (Å²) < 4.78 is 68.4. The van der Waals surface area contributed by atoms with Crippen LogP contribution in [0.5, 0.6) is 0 Å². The smallest absolute Gasteiger partial charge is 0.462 e. The second kappa shape index (κ2) is 65.2. The molecule has 6 atom stereocenters. The minimum atomic E-state index is -4.97. The lowest BCUT2D eigenvalue weighted by Gasteiger charge is -2.21. The van der Waals surface area contributed by atoms with Crippen molar-refractivity contribution in [2.45, 2.75) is 375 Å². The molecule has 0 radical (unpaired) electrons. The van der Waals surface area contributed by atoms with Gasteiger partial charge in [-0.3, -0.25) is 37.3 Å². The number of phosphoric ester groups is 2. The molecule has 0 bridgehead atoms. The number of phosphoric acid groups is 2. The molecule has 0 aliphatic heterocycles. The number of ether oxygens (including phenoxy) is 4. The van der Waals surface area contributed by atoms with Crippen molar-refractivity contribution in [2.75, 3.05) is 39.6 Å². The number of esters is 4. The third-order valence-electron chi connectivity index (χ3n) is 17.1. The molecule has 94 heavy (non-hydrogen) atoms. The first-order valence-electron chi connectivity index (χ1n) is 38.2. The van der Waals surface area contributed by atoms with Crippen LogP contribution >= 0.6 is 15.6 Å². The summed E-state index contributed by atoms with van der Waals surface area (Å²) in [6.45, 7) is 11.8. The zero-order chi connectivity index (χ0) is 69.4. The summed E-state index contributed by atoms with van der Waals surface area (Å²) in [5, 5.41) is 10.6. The van der Waals surface area contributed by atoms with E-state index < -0.39 is 97.5 Å². The van der Waals surface area contributed by atoms with E-state index in [4.69, 9.17) is 37.0 Å². The lowest BCUT2D eigenvalue weighted by Crippen LogP contribution is -2.30. The van der Waals surface area contributed by atoms with Gasteiger partial charge >= 0.3 is 39.5 Å². The van der Waals surface area contributed by atoms with Gasteiger partial charge in [-0.05, 0) is 69.1 Å². The van der Waals surface area contributed by atoms with Gasteiger partial charge in [-0.25, -0.2) is 9.13 Å². The number of carbonyl (C=O) groups excluding carboxylic acids is 4. The Morgan fingerprint density at radius 2 is 0.628 bits per heavy atom. The van der Waals surface area contributed by atoms with Crippen molar-refractivity contribution in [3.05, 3.63) is 24.3 Å². The van der Waals surface area contributed by atoms with E-state index in [0.29, 0.717) is 25.7 Å². The van der Waals surface area contributed by atoms with Gasteiger partial charge in [0.2, 0.25) is 0 Å². The van der Waals surface area contributed by atoms with Crippen LogP contribution in [0.2, 0.25) is 0 Å². The lowest BCUT2D eigenvalue weighted by molar-refractivity contribution is -0.161. The molecule has 0 spiro atoms. The number of carbonyl (C=O) groups is 4. The topological polar surface area (TPSA) is 237 Å². The summed E-state index contributed by atoms with van der Waals surface area (Å²) >= 11 is 0. The van der Waals surface area contributed by atoms with Gasteiger partial charge in [0.15, 0.2) is 12.2 Å². The molecule has 554 valence electrons. The summed E-state index contributed by atoms with van der Waals surface area (Å²) in [7, 11) is -9.92. The number of aliphatic hydroxyl groups excluding tert-OH is 1. The Labute approximate surface area is 573 Å². The number of aliphatic hydroxyl groups is 1. The van der Waals surface area contributed by atoms with Gasteiger partial charge in [0.05, 0.1) is 26.4 Å². The maximum Gasteiger partial charge on any atom is 0.472 e. The van der Waals surface area contributed by atoms with Crippen molar-refractivity contribution >= 4 is 39.5 Å². The number of allylic oxidation sites excluding steroid dienone is 4. The molecule has 0 amide bonds. The highest BCUT2D eigenvalue weighted by Crippen LogP contribution is 2.45. The van der Waals surface area contributed by atoms with E-state index >= 15 is 0 Å². The van der Waals surface area contributed by atoms with Crippen molar-refractivity contribution in [1.29, 1.82) is 0 Å². The fraction of sp³-hybridized carbons (Fsp3) is 0.893. The molecule has 0 aromatic heterocycles. The lowest BCUT2D eigenvalue weighted by atomic mass is 9.99. The zero-order valence-corrected chi connectivity index (χ0v) is 62.7. The predicted molar refractivity (Wildman–Crippen MR) is 381 cm³/mol. The van der Waals surface area contributed by atoms with E-state index in [9.17, 15) is 43.2 Å². The third kappa shape index (κ3) is 66.8. The minimum Gasteiger partial charge on any atom is -0.462 e. The van der Waals surface area contributed by atoms with Crippen molar-refractivity contribution in [3.63, 3.8) is 0 Å². The SMILES string of the molecule is CCCCCC/C=C\C=C/CCCCCCCC(=O)O[C@H](COC(=O)CCCCCCCCCCCCCCCC(C)C)COP(=O)(O)OCC(O)COP(=O)(O)OC[C@@H](COC(=O)CCCCCCCCCCC(C)C)OC(=O)CCCCCCCCCCC(C)CC. The zero-order valence-electron chi connectivity index (χ0n) is 60.9. The van der Waals surface area contributed by atoms with Crippen LogP contribution in [0.3, 0.4) is 0 Å². The molecule has 0 aliphatic rings. The van der Waals surface area contributed by atoms with Crippen LogP contribution in [0.15, 0.2) is 24.3 Å². The molecule has 17 nitrogen and oxygen atoms in total. The molecule has 0 aromatic rings. The number of hydrogen-bond donors (Lipinski definition) is 3. The van der Waals surface area contributed by atoms with Gasteiger partial charge < -0.3 is 33.8 Å². The largest absolute Gasteiger partial charge is 0.472 e.